The van der Waals surface area contributed by atoms with Crippen LogP contribution in [0.5, 0.6) is 11.5 Å². The van der Waals surface area contributed by atoms with Crippen LogP contribution in [0.2, 0.25) is 0 Å². The fourth-order valence-corrected chi connectivity index (χ4v) is 2.09. The molecule has 0 spiro atoms. The Morgan fingerprint density at radius 3 is 2.56 bits per heavy atom. The van der Waals surface area contributed by atoms with Crippen molar-refractivity contribution in [1.29, 1.82) is 0 Å². The van der Waals surface area contributed by atoms with Crippen LogP contribution in [0.3, 0.4) is 0 Å². The summed E-state index contributed by atoms with van der Waals surface area (Å²) in [5, 5.41) is 3.51. The van der Waals surface area contributed by atoms with E-state index < -0.39 is 0 Å². The van der Waals surface area contributed by atoms with E-state index in [2.05, 4.69) is 5.32 Å². The lowest BCUT2D eigenvalue weighted by molar-refractivity contribution is 0.179. The summed E-state index contributed by atoms with van der Waals surface area (Å²) in [6.45, 7) is 0.722. The monoisotopic (exact) mass is 251 g/mol. The molecule has 1 aliphatic carbocycles. The van der Waals surface area contributed by atoms with Crippen molar-refractivity contribution in [3.63, 3.8) is 0 Å². The molecule has 0 aromatic heterocycles. The molecule has 1 fully saturated rings. The van der Waals surface area contributed by atoms with Crippen molar-refractivity contribution in [2.75, 3.05) is 33.3 Å². The first-order valence-corrected chi connectivity index (χ1v) is 6.26. The first-order valence-electron chi connectivity index (χ1n) is 6.26. The van der Waals surface area contributed by atoms with E-state index in [1.807, 2.05) is 18.2 Å². The summed E-state index contributed by atoms with van der Waals surface area (Å²) in [6, 6.07) is 6.17. The van der Waals surface area contributed by atoms with Gasteiger partial charge in [-0.1, -0.05) is 0 Å². The zero-order valence-electron chi connectivity index (χ0n) is 11.2. The van der Waals surface area contributed by atoms with Crippen molar-refractivity contribution in [2.24, 2.45) is 5.92 Å². The molecule has 4 heteroatoms. The quantitative estimate of drug-likeness (QED) is 0.808. The van der Waals surface area contributed by atoms with E-state index in [4.69, 9.17) is 14.2 Å². The molecule has 0 radical (unpaired) electrons. The van der Waals surface area contributed by atoms with E-state index in [9.17, 15) is 0 Å². The number of hydrogen-bond donors (Lipinski definition) is 1. The van der Waals surface area contributed by atoms with Crippen LogP contribution in [0.4, 0.5) is 5.69 Å². The lowest BCUT2D eigenvalue weighted by Crippen LogP contribution is -2.27. The summed E-state index contributed by atoms with van der Waals surface area (Å²) in [4.78, 5) is 0. The van der Waals surface area contributed by atoms with E-state index in [0.29, 0.717) is 6.04 Å². The topological polar surface area (TPSA) is 39.7 Å². The SMILES string of the molecule is COCC(Nc1ccc(OC)cc1OC)C1CC1. The first-order chi connectivity index (χ1) is 8.78. The Kier molecular flexibility index (Phi) is 4.31. The van der Waals surface area contributed by atoms with Gasteiger partial charge in [0.25, 0.3) is 0 Å². The Bertz CT molecular complexity index is 391. The Morgan fingerprint density at radius 2 is 2.00 bits per heavy atom. The van der Waals surface area contributed by atoms with Crippen LogP contribution >= 0.6 is 0 Å². The molecule has 1 N–H and O–H groups in total. The van der Waals surface area contributed by atoms with Gasteiger partial charge >= 0.3 is 0 Å². The van der Waals surface area contributed by atoms with E-state index in [1.165, 1.54) is 12.8 Å². The van der Waals surface area contributed by atoms with Gasteiger partial charge in [-0.25, -0.2) is 0 Å². The highest BCUT2D eigenvalue weighted by Crippen LogP contribution is 2.37. The molecule has 0 amide bonds. The third kappa shape index (κ3) is 3.07. The van der Waals surface area contributed by atoms with Gasteiger partial charge < -0.3 is 19.5 Å². The number of nitrogens with one attached hydrogen (secondary N) is 1. The lowest BCUT2D eigenvalue weighted by Gasteiger charge is -2.20. The standard InChI is InChI=1S/C14H21NO3/c1-16-9-13(10-4-5-10)15-12-7-6-11(17-2)8-14(12)18-3/h6-8,10,13,15H,4-5,9H2,1-3H3. The normalized spacial score (nSPS) is 16.2. The van der Waals surface area contributed by atoms with Crippen molar-refractivity contribution in [3.05, 3.63) is 18.2 Å². The van der Waals surface area contributed by atoms with Crippen LogP contribution in [0.15, 0.2) is 18.2 Å². The molecule has 18 heavy (non-hydrogen) atoms. The number of ether oxygens (including phenoxy) is 3. The third-order valence-corrected chi connectivity index (χ3v) is 3.29. The molecule has 0 heterocycles. The Morgan fingerprint density at radius 1 is 1.22 bits per heavy atom. The highest BCUT2D eigenvalue weighted by atomic mass is 16.5. The second-order valence-corrected chi connectivity index (χ2v) is 4.61. The molecular formula is C14H21NO3. The number of benzene rings is 1. The van der Waals surface area contributed by atoms with Crippen LogP contribution in [0.25, 0.3) is 0 Å². The van der Waals surface area contributed by atoms with Gasteiger partial charge in [0.15, 0.2) is 0 Å². The Labute approximate surface area is 108 Å². The predicted octanol–water partition coefficient (Wildman–Crippen LogP) is 2.54. The Hall–Kier alpha value is -1.42. The minimum atomic E-state index is 0.359. The summed E-state index contributed by atoms with van der Waals surface area (Å²) in [5.41, 5.74) is 0.993. The first kappa shape index (κ1) is 13.0. The average molecular weight is 251 g/mol. The molecule has 1 aromatic rings. The fourth-order valence-electron chi connectivity index (χ4n) is 2.09. The van der Waals surface area contributed by atoms with E-state index in [0.717, 1.165) is 29.7 Å². The molecule has 1 aliphatic rings. The summed E-state index contributed by atoms with van der Waals surface area (Å²) in [7, 11) is 5.06. The van der Waals surface area contributed by atoms with Gasteiger partial charge in [0, 0.05) is 13.2 Å². The molecule has 0 saturated heterocycles. The predicted molar refractivity (Wildman–Crippen MR) is 71.6 cm³/mol. The smallest absolute Gasteiger partial charge is 0.145 e. The van der Waals surface area contributed by atoms with Crippen LogP contribution in [0, 0.1) is 5.92 Å². The van der Waals surface area contributed by atoms with Gasteiger partial charge in [-0.2, -0.15) is 0 Å². The summed E-state index contributed by atoms with van der Waals surface area (Å²) in [5.74, 6) is 2.32. The van der Waals surface area contributed by atoms with E-state index in [-0.39, 0.29) is 0 Å². The van der Waals surface area contributed by atoms with Gasteiger partial charge in [0.2, 0.25) is 0 Å². The molecule has 0 aliphatic heterocycles. The second-order valence-electron chi connectivity index (χ2n) is 4.61. The van der Waals surface area contributed by atoms with Crippen molar-refractivity contribution >= 4 is 5.69 Å². The molecule has 1 saturated carbocycles. The summed E-state index contributed by atoms with van der Waals surface area (Å²) >= 11 is 0. The molecule has 1 unspecified atom stereocenters. The van der Waals surface area contributed by atoms with Gasteiger partial charge in [-0.05, 0) is 30.9 Å². The highest BCUT2D eigenvalue weighted by molar-refractivity contribution is 5.59. The van der Waals surface area contributed by atoms with Crippen LogP contribution in [-0.2, 0) is 4.74 Å². The summed E-state index contributed by atoms with van der Waals surface area (Å²) < 4.78 is 15.8. The number of hydrogen-bond acceptors (Lipinski definition) is 4. The maximum absolute atomic E-state index is 5.38. The maximum atomic E-state index is 5.38. The van der Waals surface area contributed by atoms with Crippen molar-refractivity contribution in [3.8, 4) is 11.5 Å². The van der Waals surface area contributed by atoms with Crippen molar-refractivity contribution in [1.82, 2.24) is 0 Å². The molecule has 100 valence electrons. The number of rotatable bonds is 7. The zero-order valence-corrected chi connectivity index (χ0v) is 11.2. The molecule has 0 bridgehead atoms. The van der Waals surface area contributed by atoms with E-state index >= 15 is 0 Å². The van der Waals surface area contributed by atoms with Crippen LogP contribution in [0.1, 0.15) is 12.8 Å². The van der Waals surface area contributed by atoms with Gasteiger partial charge in [-0.3, -0.25) is 0 Å². The fraction of sp³-hybridized carbons (Fsp3) is 0.571. The molecule has 4 nitrogen and oxygen atoms in total. The zero-order chi connectivity index (χ0) is 13.0. The Balaban J connectivity index is 2.11. The van der Waals surface area contributed by atoms with E-state index in [1.54, 1.807) is 21.3 Å². The van der Waals surface area contributed by atoms with Gasteiger partial charge in [-0.15, -0.1) is 0 Å². The third-order valence-electron chi connectivity index (χ3n) is 3.29. The largest absolute Gasteiger partial charge is 0.497 e. The second kappa shape index (κ2) is 5.96. The molecular weight excluding hydrogens is 230 g/mol. The van der Waals surface area contributed by atoms with Gasteiger partial charge in [0.1, 0.15) is 11.5 Å². The minimum Gasteiger partial charge on any atom is -0.497 e. The van der Waals surface area contributed by atoms with Crippen LogP contribution in [-0.4, -0.2) is 34.0 Å². The van der Waals surface area contributed by atoms with Gasteiger partial charge in [0.05, 0.1) is 32.6 Å². The average Bonchev–Trinajstić information content (AvgIpc) is 3.23. The molecule has 1 aromatic carbocycles. The van der Waals surface area contributed by atoms with Crippen molar-refractivity contribution < 1.29 is 14.2 Å². The lowest BCUT2D eigenvalue weighted by atomic mass is 10.1. The molecule has 2 rings (SSSR count). The number of anilines is 1. The highest BCUT2D eigenvalue weighted by Gasteiger charge is 2.31. The van der Waals surface area contributed by atoms with Crippen LogP contribution < -0.4 is 14.8 Å². The minimum absolute atomic E-state index is 0.359. The molecule has 1 atom stereocenters. The number of methoxy groups -OCH3 is 3. The maximum Gasteiger partial charge on any atom is 0.145 e. The summed E-state index contributed by atoms with van der Waals surface area (Å²) in [6.07, 6.45) is 2.55. The van der Waals surface area contributed by atoms with Crippen molar-refractivity contribution in [2.45, 2.75) is 18.9 Å².